The second-order valence-electron chi connectivity index (χ2n) is 12.1. The Morgan fingerprint density at radius 2 is 1.81 bits per heavy atom. The van der Waals surface area contributed by atoms with Gasteiger partial charge in [-0.25, -0.2) is 18.6 Å². The fourth-order valence-electron chi connectivity index (χ4n) is 4.31. The number of aliphatic hydroxyl groups excluding tert-OH is 2. The van der Waals surface area contributed by atoms with Crippen LogP contribution in [-0.2, 0) is 38.9 Å². The first-order valence-corrected chi connectivity index (χ1v) is 14.9. The number of aromatic nitrogens is 3. The van der Waals surface area contributed by atoms with E-state index in [9.17, 15) is 24.8 Å². The molecule has 1 saturated heterocycles. The van der Waals surface area contributed by atoms with Gasteiger partial charge in [-0.2, -0.15) is 10.4 Å². The van der Waals surface area contributed by atoms with Gasteiger partial charge in [0, 0.05) is 0 Å². The van der Waals surface area contributed by atoms with E-state index in [4.69, 9.17) is 28.8 Å². The van der Waals surface area contributed by atoms with Gasteiger partial charge in [-0.05, 0) is 56.0 Å². The van der Waals surface area contributed by atoms with E-state index in [1.54, 1.807) is 45.0 Å². The quantitative estimate of drug-likeness (QED) is 0.180. The van der Waals surface area contributed by atoms with Crippen molar-refractivity contribution in [2.24, 2.45) is 5.41 Å². The van der Waals surface area contributed by atoms with Gasteiger partial charge in [-0.3, -0.25) is 9.32 Å². The van der Waals surface area contributed by atoms with Crippen molar-refractivity contribution in [3.8, 4) is 11.8 Å². The summed E-state index contributed by atoms with van der Waals surface area (Å²) < 4.78 is 42.4. The summed E-state index contributed by atoms with van der Waals surface area (Å²) >= 11 is 0. The van der Waals surface area contributed by atoms with Gasteiger partial charge in [0.2, 0.25) is 12.4 Å². The van der Waals surface area contributed by atoms with Gasteiger partial charge in [0.25, 0.3) is 0 Å². The number of rotatable bonds is 9. The highest BCUT2D eigenvalue weighted by Crippen LogP contribution is 2.51. The minimum atomic E-state index is -4.54. The normalized spacial score (nSPS) is 23.9. The molecular formula is C28H36N5O9P. The number of phosphoric acid groups is 1. The summed E-state index contributed by atoms with van der Waals surface area (Å²) in [6.07, 6.45) is -3.64. The third-order valence-electron chi connectivity index (χ3n) is 6.83. The minimum Gasteiger partial charge on any atom is -0.437 e. The van der Waals surface area contributed by atoms with Crippen molar-refractivity contribution in [3.63, 3.8) is 0 Å². The molecule has 43 heavy (non-hydrogen) atoms. The van der Waals surface area contributed by atoms with Crippen LogP contribution in [0.5, 0.6) is 5.75 Å². The number of fused-ring (bicyclic) bond motifs is 1. The van der Waals surface area contributed by atoms with E-state index < -0.39 is 56.5 Å². The molecule has 0 aliphatic carbocycles. The molecule has 1 fully saturated rings. The molecule has 1 aliphatic heterocycles. The maximum atomic E-state index is 13.8. The summed E-state index contributed by atoms with van der Waals surface area (Å²) in [5.41, 5.74) is 4.22. The second-order valence-corrected chi connectivity index (χ2v) is 13.7. The van der Waals surface area contributed by atoms with Crippen molar-refractivity contribution >= 4 is 25.1 Å². The van der Waals surface area contributed by atoms with E-state index >= 15 is 0 Å². The number of benzene rings is 1. The van der Waals surface area contributed by atoms with E-state index in [0.29, 0.717) is 5.52 Å². The number of anilines is 1. The van der Waals surface area contributed by atoms with Crippen molar-refractivity contribution in [1.82, 2.24) is 14.6 Å². The van der Waals surface area contributed by atoms with Crippen LogP contribution >= 0.6 is 7.82 Å². The Kier molecular flexibility index (Phi) is 8.91. The van der Waals surface area contributed by atoms with E-state index in [0.717, 1.165) is 5.56 Å². The van der Waals surface area contributed by atoms with Gasteiger partial charge in [0.15, 0.2) is 5.82 Å². The molecule has 4 N–H and O–H groups in total. The van der Waals surface area contributed by atoms with Gasteiger partial charge in [-0.1, -0.05) is 32.9 Å². The Morgan fingerprint density at radius 3 is 2.42 bits per heavy atom. The van der Waals surface area contributed by atoms with Crippen molar-refractivity contribution in [2.75, 3.05) is 19.1 Å². The molecular weight excluding hydrogens is 581 g/mol. The Balaban J connectivity index is 1.56. The molecule has 0 saturated carbocycles. The predicted molar refractivity (Wildman–Crippen MR) is 152 cm³/mol. The molecule has 15 heteroatoms. The Morgan fingerprint density at radius 1 is 1.14 bits per heavy atom. The molecule has 5 atom stereocenters. The maximum Gasteiger partial charge on any atom is 0.533 e. The SMILES string of the molecule is CC(C)(C)C(=O)OCO[P@](=O)(OC[C@H]1O[C@@](C#N)(c2ccc3c(N)ncnn23)[C@H](O)[C@@H]1O)Oc1ccc(C(C)(C)C)cc1. The molecule has 2 aromatic heterocycles. The molecule has 3 heterocycles. The first-order valence-electron chi connectivity index (χ1n) is 13.4. The van der Waals surface area contributed by atoms with Crippen LogP contribution in [0, 0.1) is 16.7 Å². The number of ether oxygens (including phenoxy) is 2. The third-order valence-corrected chi connectivity index (χ3v) is 8.16. The number of aliphatic hydroxyl groups is 2. The number of nitrogen functional groups attached to an aromatic ring is 1. The van der Waals surface area contributed by atoms with Crippen LogP contribution in [-0.4, -0.2) is 62.5 Å². The Hall–Kier alpha value is -3.57. The number of carbonyl (C=O) groups excluding carboxylic acids is 1. The first kappa shape index (κ1) is 32.3. The molecule has 0 spiro atoms. The molecule has 0 bridgehead atoms. The van der Waals surface area contributed by atoms with Gasteiger partial charge in [0.05, 0.1) is 17.7 Å². The van der Waals surface area contributed by atoms with Crippen molar-refractivity contribution in [1.29, 1.82) is 5.26 Å². The largest absolute Gasteiger partial charge is 0.533 e. The number of carbonyl (C=O) groups is 1. The molecule has 0 radical (unpaired) electrons. The van der Waals surface area contributed by atoms with Gasteiger partial charge in [0.1, 0.15) is 42.0 Å². The van der Waals surface area contributed by atoms with Crippen LogP contribution < -0.4 is 10.3 Å². The highest BCUT2D eigenvalue weighted by molar-refractivity contribution is 7.48. The smallest absolute Gasteiger partial charge is 0.437 e. The number of hydrogen-bond acceptors (Lipinski definition) is 13. The van der Waals surface area contributed by atoms with Crippen molar-refractivity contribution in [3.05, 3.63) is 54.0 Å². The summed E-state index contributed by atoms with van der Waals surface area (Å²) in [6, 6.07) is 11.7. The van der Waals surface area contributed by atoms with Crippen LogP contribution in [0.3, 0.4) is 0 Å². The molecule has 14 nitrogen and oxygen atoms in total. The van der Waals surface area contributed by atoms with Crippen LogP contribution in [0.15, 0.2) is 42.7 Å². The van der Waals surface area contributed by atoms with Crippen LogP contribution in [0.1, 0.15) is 52.8 Å². The summed E-state index contributed by atoms with van der Waals surface area (Å²) in [4.78, 5) is 16.1. The highest BCUT2D eigenvalue weighted by Gasteiger charge is 2.58. The van der Waals surface area contributed by atoms with Gasteiger partial charge >= 0.3 is 13.8 Å². The number of hydrogen-bond donors (Lipinski definition) is 3. The lowest BCUT2D eigenvalue weighted by Crippen LogP contribution is -2.41. The average molecular weight is 618 g/mol. The Labute approximate surface area is 248 Å². The summed E-state index contributed by atoms with van der Waals surface area (Å²) in [5.74, 6) is -0.358. The molecule has 4 rings (SSSR count). The number of phosphoric ester groups is 1. The lowest BCUT2D eigenvalue weighted by molar-refractivity contribution is -0.160. The van der Waals surface area contributed by atoms with Crippen LogP contribution in [0.2, 0.25) is 0 Å². The summed E-state index contributed by atoms with van der Waals surface area (Å²) in [6.45, 7) is 9.60. The second kappa shape index (κ2) is 11.8. The fraction of sp³-hybridized carbons (Fsp3) is 0.500. The molecule has 0 unspecified atom stereocenters. The van der Waals surface area contributed by atoms with Gasteiger partial charge < -0.3 is 29.9 Å². The monoisotopic (exact) mass is 617 g/mol. The van der Waals surface area contributed by atoms with E-state index in [-0.39, 0.29) is 22.7 Å². The zero-order valence-electron chi connectivity index (χ0n) is 24.8. The van der Waals surface area contributed by atoms with E-state index in [1.165, 1.54) is 23.0 Å². The minimum absolute atomic E-state index is 0.0804. The Bertz CT molecular complexity index is 1560. The lowest BCUT2D eigenvalue weighted by atomic mass is 9.87. The number of nitrogens with zero attached hydrogens (tertiary/aromatic N) is 4. The van der Waals surface area contributed by atoms with Crippen LogP contribution in [0.25, 0.3) is 5.52 Å². The predicted octanol–water partition coefficient (Wildman–Crippen LogP) is 3.22. The third kappa shape index (κ3) is 6.67. The van der Waals surface area contributed by atoms with E-state index in [2.05, 4.69) is 10.1 Å². The molecule has 1 aliphatic rings. The molecule has 232 valence electrons. The summed E-state index contributed by atoms with van der Waals surface area (Å²) in [7, 11) is -4.54. The first-order chi connectivity index (χ1) is 20.0. The van der Waals surface area contributed by atoms with Crippen molar-refractivity contribution < 1.29 is 42.6 Å². The standard InChI is InChI=1S/C28H36N5O9P/c1-26(2,3)17-7-9-18(10-8-17)42-43(37,40-16-38-25(36)27(4,5)6)39-13-20-22(34)23(35)28(14-29,41-20)21-12-11-19-24(30)31-15-32-33(19)21/h7-12,15,20,22-23,34-35H,13,16H2,1-6H3,(H2,30,31,32)/t20-,22-,23-,28+,43+/m1/s1. The van der Waals surface area contributed by atoms with E-state index in [1.807, 2.05) is 26.8 Å². The molecule has 1 aromatic carbocycles. The zero-order chi connectivity index (χ0) is 31.8. The van der Waals surface area contributed by atoms with Crippen LogP contribution in [0.4, 0.5) is 5.82 Å². The molecule has 0 amide bonds. The topological polar surface area (TPSA) is 201 Å². The number of nitriles is 1. The number of nitrogens with two attached hydrogens (primary N) is 1. The zero-order valence-corrected chi connectivity index (χ0v) is 25.6. The summed E-state index contributed by atoms with van der Waals surface area (Å²) in [5, 5.41) is 36.1. The maximum absolute atomic E-state index is 13.8. The van der Waals surface area contributed by atoms with Gasteiger partial charge in [-0.15, -0.1) is 0 Å². The highest BCUT2D eigenvalue weighted by atomic mass is 31.2. The number of esters is 1. The fourth-order valence-corrected chi connectivity index (χ4v) is 5.38. The average Bonchev–Trinajstić information content (AvgIpc) is 3.47. The van der Waals surface area contributed by atoms with Crippen molar-refractivity contribution in [2.45, 2.75) is 70.9 Å². The molecule has 3 aromatic rings. The lowest BCUT2D eigenvalue weighted by Gasteiger charge is -2.24.